The molecular weight excluding hydrogens is 298 g/mol. The number of rotatable bonds is 4. The molecule has 0 atom stereocenters. The summed E-state index contributed by atoms with van der Waals surface area (Å²) in [6.07, 6.45) is 1.02. The maximum atomic E-state index is 11.5. The van der Waals surface area contributed by atoms with Crippen LogP contribution in [-0.4, -0.2) is 11.0 Å². The van der Waals surface area contributed by atoms with Crippen LogP contribution >= 0.6 is 0 Å². The second kappa shape index (κ2) is 6.44. The standard InChI is InChI=1S/C21H21NO2/c1-13(2)10-15-5-7-16(8-6-15)20-12-18(21(23)24)17-11-14(3)4-9-19(17)22-20/h4-9,11-13H,10H2,1-3H3,(H,23,24)/p-1. The number of pyridine rings is 1. The summed E-state index contributed by atoms with van der Waals surface area (Å²) in [4.78, 5) is 16.2. The van der Waals surface area contributed by atoms with Crippen LogP contribution in [0, 0.1) is 12.8 Å². The van der Waals surface area contributed by atoms with E-state index in [1.807, 2.05) is 37.3 Å². The molecular formula is C21H20NO2-. The number of carboxylic acids is 1. The van der Waals surface area contributed by atoms with Gasteiger partial charge in [-0.2, -0.15) is 0 Å². The first-order chi connectivity index (χ1) is 11.4. The number of aryl methyl sites for hydroxylation is 1. The van der Waals surface area contributed by atoms with Gasteiger partial charge in [-0.05, 0) is 43.0 Å². The lowest BCUT2D eigenvalue weighted by Gasteiger charge is -2.12. The zero-order valence-electron chi connectivity index (χ0n) is 14.2. The Hall–Kier alpha value is -2.68. The minimum Gasteiger partial charge on any atom is -0.545 e. The fourth-order valence-electron chi connectivity index (χ4n) is 2.94. The number of carbonyl (C=O) groups excluding carboxylic acids is 1. The molecule has 3 nitrogen and oxygen atoms in total. The quantitative estimate of drug-likeness (QED) is 0.736. The Morgan fingerprint density at radius 2 is 1.79 bits per heavy atom. The van der Waals surface area contributed by atoms with E-state index in [4.69, 9.17) is 0 Å². The van der Waals surface area contributed by atoms with E-state index in [1.165, 1.54) is 5.56 Å². The van der Waals surface area contributed by atoms with Crippen molar-refractivity contribution in [2.24, 2.45) is 5.92 Å². The zero-order valence-corrected chi connectivity index (χ0v) is 14.2. The van der Waals surface area contributed by atoms with Crippen LogP contribution < -0.4 is 5.11 Å². The number of benzene rings is 2. The molecule has 0 unspecified atom stereocenters. The molecule has 3 heteroatoms. The molecule has 0 saturated heterocycles. The number of aromatic nitrogens is 1. The minimum absolute atomic E-state index is 0.185. The van der Waals surface area contributed by atoms with Gasteiger partial charge in [0.2, 0.25) is 0 Å². The third kappa shape index (κ3) is 3.30. The van der Waals surface area contributed by atoms with Crippen LogP contribution in [0.4, 0.5) is 0 Å². The SMILES string of the molecule is Cc1ccc2nc(-c3ccc(CC(C)C)cc3)cc(C(=O)[O-])c2c1. The monoisotopic (exact) mass is 318 g/mol. The maximum absolute atomic E-state index is 11.5. The van der Waals surface area contributed by atoms with Crippen molar-refractivity contribution in [1.82, 2.24) is 4.98 Å². The van der Waals surface area contributed by atoms with Gasteiger partial charge in [-0.3, -0.25) is 0 Å². The van der Waals surface area contributed by atoms with E-state index >= 15 is 0 Å². The highest BCUT2D eigenvalue weighted by atomic mass is 16.4. The fourth-order valence-corrected chi connectivity index (χ4v) is 2.94. The van der Waals surface area contributed by atoms with E-state index in [2.05, 4.69) is 31.0 Å². The lowest BCUT2D eigenvalue weighted by atomic mass is 9.99. The average molecular weight is 318 g/mol. The highest BCUT2D eigenvalue weighted by Gasteiger charge is 2.09. The van der Waals surface area contributed by atoms with Crippen molar-refractivity contribution in [2.45, 2.75) is 27.2 Å². The molecule has 0 saturated carbocycles. The summed E-state index contributed by atoms with van der Waals surface area (Å²) in [5.41, 5.74) is 4.69. The largest absolute Gasteiger partial charge is 0.545 e. The molecule has 0 bridgehead atoms. The van der Waals surface area contributed by atoms with Gasteiger partial charge in [0.1, 0.15) is 0 Å². The van der Waals surface area contributed by atoms with Gasteiger partial charge in [0.15, 0.2) is 0 Å². The van der Waals surface area contributed by atoms with Crippen LogP contribution in [0.1, 0.15) is 35.3 Å². The highest BCUT2D eigenvalue weighted by molar-refractivity contribution is 6.03. The predicted molar refractivity (Wildman–Crippen MR) is 94.8 cm³/mol. The van der Waals surface area contributed by atoms with Crippen LogP contribution in [0.15, 0.2) is 48.5 Å². The number of carboxylic acid groups (broad SMARTS) is 1. The lowest BCUT2D eigenvalue weighted by Crippen LogP contribution is -2.22. The molecule has 122 valence electrons. The third-order valence-corrected chi connectivity index (χ3v) is 4.08. The summed E-state index contributed by atoms with van der Waals surface area (Å²) in [5.74, 6) is -0.576. The Morgan fingerprint density at radius 1 is 1.08 bits per heavy atom. The van der Waals surface area contributed by atoms with Gasteiger partial charge >= 0.3 is 0 Å². The molecule has 24 heavy (non-hydrogen) atoms. The van der Waals surface area contributed by atoms with Crippen LogP contribution in [0.5, 0.6) is 0 Å². The molecule has 0 amide bonds. The summed E-state index contributed by atoms with van der Waals surface area (Å²) in [5, 5.41) is 12.2. The topological polar surface area (TPSA) is 53.0 Å². The van der Waals surface area contributed by atoms with E-state index in [0.717, 1.165) is 17.5 Å². The van der Waals surface area contributed by atoms with Crippen LogP contribution in [0.2, 0.25) is 0 Å². The van der Waals surface area contributed by atoms with E-state index in [9.17, 15) is 9.90 Å². The molecule has 3 rings (SSSR count). The number of hydrogen-bond donors (Lipinski definition) is 0. The molecule has 0 aliphatic carbocycles. The van der Waals surface area contributed by atoms with Crippen LogP contribution in [0.3, 0.4) is 0 Å². The Kier molecular flexibility index (Phi) is 4.34. The smallest absolute Gasteiger partial charge is 0.0722 e. The average Bonchev–Trinajstić information content (AvgIpc) is 2.54. The first-order valence-corrected chi connectivity index (χ1v) is 8.16. The highest BCUT2D eigenvalue weighted by Crippen LogP contribution is 2.26. The Bertz CT molecular complexity index is 896. The minimum atomic E-state index is -1.18. The van der Waals surface area contributed by atoms with E-state index < -0.39 is 5.97 Å². The van der Waals surface area contributed by atoms with Gasteiger partial charge in [0.05, 0.1) is 17.2 Å². The summed E-state index contributed by atoms with van der Waals surface area (Å²) in [6.45, 7) is 6.31. The molecule has 0 aliphatic heterocycles. The summed E-state index contributed by atoms with van der Waals surface area (Å²) in [6, 6.07) is 15.4. The van der Waals surface area contributed by atoms with E-state index in [0.29, 0.717) is 22.5 Å². The number of fused-ring (bicyclic) bond motifs is 1. The maximum Gasteiger partial charge on any atom is 0.0722 e. The normalized spacial score (nSPS) is 11.2. The van der Waals surface area contributed by atoms with Crippen molar-refractivity contribution in [3.05, 3.63) is 65.2 Å². The number of nitrogens with zero attached hydrogens (tertiary/aromatic N) is 1. The van der Waals surface area contributed by atoms with E-state index in [1.54, 1.807) is 6.07 Å². The second-order valence-corrected chi connectivity index (χ2v) is 6.66. The summed E-state index contributed by atoms with van der Waals surface area (Å²) < 4.78 is 0. The first-order valence-electron chi connectivity index (χ1n) is 8.16. The Morgan fingerprint density at radius 3 is 2.42 bits per heavy atom. The molecule has 0 radical (unpaired) electrons. The Labute approximate surface area is 142 Å². The number of aromatic carboxylic acids is 1. The van der Waals surface area contributed by atoms with Gasteiger partial charge in [-0.1, -0.05) is 49.7 Å². The molecule has 0 aliphatic rings. The second-order valence-electron chi connectivity index (χ2n) is 6.66. The molecule has 0 spiro atoms. The molecule has 0 N–H and O–H groups in total. The third-order valence-electron chi connectivity index (χ3n) is 4.08. The van der Waals surface area contributed by atoms with Crippen LogP contribution in [0.25, 0.3) is 22.2 Å². The van der Waals surface area contributed by atoms with Crippen molar-refractivity contribution in [1.29, 1.82) is 0 Å². The van der Waals surface area contributed by atoms with Gasteiger partial charge in [0, 0.05) is 16.5 Å². The summed E-state index contributed by atoms with van der Waals surface area (Å²) in [7, 11) is 0. The van der Waals surface area contributed by atoms with Crippen molar-refractivity contribution >= 4 is 16.9 Å². The van der Waals surface area contributed by atoms with Crippen molar-refractivity contribution in [3.63, 3.8) is 0 Å². The fraction of sp³-hybridized carbons (Fsp3) is 0.238. The van der Waals surface area contributed by atoms with Crippen LogP contribution in [-0.2, 0) is 6.42 Å². The van der Waals surface area contributed by atoms with Crippen molar-refractivity contribution < 1.29 is 9.90 Å². The Balaban J connectivity index is 2.09. The molecule has 3 aromatic rings. The van der Waals surface area contributed by atoms with Crippen molar-refractivity contribution in [2.75, 3.05) is 0 Å². The van der Waals surface area contributed by atoms with Gasteiger partial charge in [-0.15, -0.1) is 0 Å². The van der Waals surface area contributed by atoms with Crippen molar-refractivity contribution in [3.8, 4) is 11.3 Å². The van der Waals surface area contributed by atoms with Gasteiger partial charge in [-0.25, -0.2) is 4.98 Å². The zero-order chi connectivity index (χ0) is 17.3. The molecule has 1 heterocycles. The van der Waals surface area contributed by atoms with Gasteiger partial charge < -0.3 is 9.90 Å². The van der Waals surface area contributed by atoms with E-state index in [-0.39, 0.29) is 5.56 Å². The number of carbonyl (C=O) groups is 1. The molecule has 2 aromatic carbocycles. The number of hydrogen-bond acceptors (Lipinski definition) is 3. The lowest BCUT2D eigenvalue weighted by molar-refractivity contribution is -0.254. The first kappa shape index (κ1) is 16.2. The summed E-state index contributed by atoms with van der Waals surface area (Å²) >= 11 is 0. The van der Waals surface area contributed by atoms with Gasteiger partial charge in [0.25, 0.3) is 0 Å². The molecule has 0 fully saturated rings. The predicted octanol–water partition coefficient (Wildman–Crippen LogP) is 3.77. The molecule has 1 aromatic heterocycles.